The third kappa shape index (κ3) is 6.25. The summed E-state index contributed by atoms with van der Waals surface area (Å²) in [5, 5.41) is 5.04. The lowest BCUT2D eigenvalue weighted by atomic mass is 10.0. The number of ether oxygens (including phenoxy) is 1. The van der Waals surface area contributed by atoms with E-state index in [9.17, 15) is 14.0 Å². The van der Waals surface area contributed by atoms with E-state index in [1.54, 1.807) is 28.4 Å². The van der Waals surface area contributed by atoms with E-state index in [1.807, 2.05) is 37.1 Å². The van der Waals surface area contributed by atoms with Crippen LogP contribution in [-0.4, -0.2) is 53.5 Å². The number of hydrogen-bond acceptors (Lipinski definition) is 4. The molecule has 1 aromatic carbocycles. The van der Waals surface area contributed by atoms with E-state index in [1.165, 1.54) is 17.0 Å². The number of carbonyl (C=O) groups is 2. The normalized spacial score (nSPS) is 17.9. The van der Waals surface area contributed by atoms with Crippen molar-refractivity contribution in [3.63, 3.8) is 0 Å². The fraction of sp³-hybridized carbons (Fsp3) is 0.520. The van der Waals surface area contributed by atoms with Crippen molar-refractivity contribution in [2.45, 2.75) is 51.6 Å². The molecule has 178 valence electrons. The number of halogens is 1. The van der Waals surface area contributed by atoms with Crippen molar-refractivity contribution in [3.05, 3.63) is 52.0 Å². The molecule has 0 unspecified atom stereocenters. The SMILES string of the molecule is CC(C)(C)NC(=O)N(CC(=O)N1CCc2sccc2[C@@H]1COc1ccc(F)cc1)CC1CC1. The van der Waals surface area contributed by atoms with Crippen LogP contribution < -0.4 is 10.1 Å². The van der Waals surface area contributed by atoms with Crippen LogP contribution in [0.25, 0.3) is 0 Å². The Morgan fingerprint density at radius 3 is 2.61 bits per heavy atom. The average molecular weight is 474 g/mol. The lowest BCUT2D eigenvalue weighted by Gasteiger charge is -2.37. The minimum Gasteiger partial charge on any atom is -0.491 e. The summed E-state index contributed by atoms with van der Waals surface area (Å²) in [6.45, 7) is 7.32. The highest BCUT2D eigenvalue weighted by Crippen LogP contribution is 2.34. The van der Waals surface area contributed by atoms with Gasteiger partial charge in [0.15, 0.2) is 0 Å². The fourth-order valence-corrected chi connectivity index (χ4v) is 4.99. The molecule has 2 aliphatic rings. The van der Waals surface area contributed by atoms with Crippen molar-refractivity contribution in [1.29, 1.82) is 0 Å². The first-order valence-corrected chi connectivity index (χ1v) is 12.4. The van der Waals surface area contributed by atoms with Crippen LogP contribution in [0.5, 0.6) is 5.75 Å². The Hall–Kier alpha value is -2.61. The standard InChI is InChI=1S/C25H32FN3O3S/c1-25(2,3)27-24(31)28(14-17-4-5-17)15-23(30)29-12-10-22-20(11-13-33-22)21(29)16-32-19-8-6-18(26)7-9-19/h6-9,11,13,17,21H,4-5,10,12,14-16H2,1-3H3,(H,27,31)/t21-/m0/s1. The van der Waals surface area contributed by atoms with Crippen LogP contribution in [0.4, 0.5) is 9.18 Å². The first-order chi connectivity index (χ1) is 15.7. The van der Waals surface area contributed by atoms with E-state index in [4.69, 9.17) is 4.74 Å². The van der Waals surface area contributed by atoms with Crippen LogP contribution in [-0.2, 0) is 11.2 Å². The first-order valence-electron chi connectivity index (χ1n) is 11.5. The molecule has 1 fully saturated rings. The molecule has 1 atom stereocenters. The van der Waals surface area contributed by atoms with Gasteiger partial charge in [-0.2, -0.15) is 0 Å². The van der Waals surface area contributed by atoms with Gasteiger partial charge in [-0.3, -0.25) is 4.79 Å². The van der Waals surface area contributed by atoms with E-state index in [2.05, 4.69) is 5.32 Å². The van der Waals surface area contributed by atoms with Crippen molar-refractivity contribution < 1.29 is 18.7 Å². The topological polar surface area (TPSA) is 61.9 Å². The third-order valence-electron chi connectivity index (χ3n) is 5.91. The number of thiophene rings is 1. The Morgan fingerprint density at radius 1 is 1.21 bits per heavy atom. The number of carbonyl (C=O) groups excluding carboxylic acids is 2. The van der Waals surface area contributed by atoms with Gasteiger partial charge in [-0.25, -0.2) is 9.18 Å². The van der Waals surface area contributed by atoms with Gasteiger partial charge in [0.25, 0.3) is 0 Å². The molecular formula is C25H32FN3O3S. The van der Waals surface area contributed by atoms with E-state index in [0.29, 0.717) is 24.8 Å². The zero-order chi connectivity index (χ0) is 23.6. The second kappa shape index (κ2) is 9.71. The zero-order valence-electron chi connectivity index (χ0n) is 19.5. The first kappa shape index (κ1) is 23.5. The van der Waals surface area contributed by atoms with Gasteiger partial charge in [-0.05, 0) is 87.2 Å². The molecule has 2 heterocycles. The summed E-state index contributed by atoms with van der Waals surface area (Å²) in [5.41, 5.74) is 0.721. The smallest absolute Gasteiger partial charge is 0.318 e. The Bertz CT molecular complexity index is 982. The Balaban J connectivity index is 1.48. The number of hydrogen-bond donors (Lipinski definition) is 1. The van der Waals surface area contributed by atoms with Gasteiger partial charge in [0.2, 0.25) is 5.91 Å². The Kier molecular flexibility index (Phi) is 6.93. The second-order valence-corrected chi connectivity index (χ2v) is 10.9. The predicted molar refractivity (Wildman–Crippen MR) is 127 cm³/mol. The summed E-state index contributed by atoms with van der Waals surface area (Å²) < 4.78 is 19.2. The van der Waals surface area contributed by atoms with Crippen LogP contribution in [0.2, 0.25) is 0 Å². The number of benzene rings is 1. The summed E-state index contributed by atoms with van der Waals surface area (Å²) >= 11 is 1.69. The predicted octanol–water partition coefficient (Wildman–Crippen LogP) is 4.61. The molecule has 1 N–H and O–H groups in total. The largest absolute Gasteiger partial charge is 0.491 e. The summed E-state index contributed by atoms with van der Waals surface area (Å²) in [5.74, 6) is 0.641. The van der Waals surface area contributed by atoms with Gasteiger partial charge in [-0.15, -0.1) is 11.3 Å². The summed E-state index contributed by atoms with van der Waals surface area (Å²) in [4.78, 5) is 31.1. The van der Waals surface area contributed by atoms with E-state index in [-0.39, 0.29) is 42.5 Å². The second-order valence-electron chi connectivity index (χ2n) is 9.92. The van der Waals surface area contributed by atoms with Gasteiger partial charge >= 0.3 is 6.03 Å². The number of nitrogens with zero attached hydrogens (tertiary/aromatic N) is 2. The van der Waals surface area contributed by atoms with Crippen LogP contribution >= 0.6 is 11.3 Å². The van der Waals surface area contributed by atoms with Gasteiger partial charge in [-0.1, -0.05) is 0 Å². The van der Waals surface area contributed by atoms with Crippen LogP contribution in [0.15, 0.2) is 35.7 Å². The molecule has 3 amide bonds. The molecule has 0 bridgehead atoms. The molecule has 8 heteroatoms. The molecule has 1 aliphatic carbocycles. The number of nitrogens with one attached hydrogen (secondary N) is 1. The molecule has 33 heavy (non-hydrogen) atoms. The quantitative estimate of drug-likeness (QED) is 0.639. The maximum absolute atomic E-state index is 13.5. The van der Waals surface area contributed by atoms with Crippen molar-refractivity contribution >= 4 is 23.3 Å². The van der Waals surface area contributed by atoms with Gasteiger partial charge in [0.05, 0.1) is 6.04 Å². The molecule has 1 aliphatic heterocycles. The number of fused-ring (bicyclic) bond motifs is 1. The third-order valence-corrected chi connectivity index (χ3v) is 6.90. The van der Waals surface area contributed by atoms with Crippen molar-refractivity contribution in [3.8, 4) is 5.75 Å². The summed E-state index contributed by atoms with van der Waals surface area (Å²) in [6, 6.07) is 7.50. The number of amides is 3. The molecule has 1 aromatic heterocycles. The Morgan fingerprint density at radius 2 is 1.94 bits per heavy atom. The molecule has 0 spiro atoms. The number of urea groups is 1. The van der Waals surface area contributed by atoms with Crippen molar-refractivity contribution in [2.75, 3.05) is 26.2 Å². The minimum absolute atomic E-state index is 0.0466. The maximum Gasteiger partial charge on any atom is 0.318 e. The molecule has 0 saturated heterocycles. The zero-order valence-corrected chi connectivity index (χ0v) is 20.3. The van der Waals surface area contributed by atoms with Gasteiger partial charge < -0.3 is 19.9 Å². The number of rotatable bonds is 7. The van der Waals surface area contributed by atoms with Crippen molar-refractivity contribution in [2.24, 2.45) is 5.92 Å². The van der Waals surface area contributed by atoms with Crippen LogP contribution in [0.3, 0.4) is 0 Å². The monoisotopic (exact) mass is 473 g/mol. The minimum atomic E-state index is -0.371. The molecule has 1 saturated carbocycles. The lowest BCUT2D eigenvalue weighted by molar-refractivity contribution is -0.135. The van der Waals surface area contributed by atoms with Crippen molar-refractivity contribution in [1.82, 2.24) is 15.1 Å². The molecule has 0 radical (unpaired) electrons. The average Bonchev–Trinajstić information content (AvgIpc) is 3.44. The Labute approximate surface area is 198 Å². The van der Waals surface area contributed by atoms with E-state index < -0.39 is 0 Å². The summed E-state index contributed by atoms with van der Waals surface area (Å²) in [7, 11) is 0. The van der Waals surface area contributed by atoms with Crippen LogP contribution in [0, 0.1) is 11.7 Å². The van der Waals surface area contributed by atoms with E-state index in [0.717, 1.165) is 24.8 Å². The van der Waals surface area contributed by atoms with E-state index >= 15 is 0 Å². The van der Waals surface area contributed by atoms with Gasteiger partial charge in [0.1, 0.15) is 24.7 Å². The highest BCUT2D eigenvalue weighted by Gasteiger charge is 2.35. The molecular weight excluding hydrogens is 441 g/mol. The molecule has 4 rings (SSSR count). The molecule has 6 nitrogen and oxygen atoms in total. The summed E-state index contributed by atoms with van der Waals surface area (Å²) in [6.07, 6.45) is 3.00. The highest BCUT2D eigenvalue weighted by atomic mass is 32.1. The van der Waals surface area contributed by atoms with Crippen LogP contribution in [0.1, 0.15) is 50.1 Å². The molecule has 2 aromatic rings. The van der Waals surface area contributed by atoms with Gasteiger partial charge in [0, 0.05) is 23.5 Å². The fourth-order valence-electron chi connectivity index (χ4n) is 4.07. The highest BCUT2D eigenvalue weighted by molar-refractivity contribution is 7.10. The maximum atomic E-state index is 13.5. The lowest BCUT2D eigenvalue weighted by Crippen LogP contribution is -2.53.